The molecule has 0 spiro atoms. The molecule has 1 unspecified atom stereocenters. The summed E-state index contributed by atoms with van der Waals surface area (Å²) in [6, 6.07) is 23.6. The molecule has 0 saturated heterocycles. The number of carbonyl (C=O) groups excluding carboxylic acids is 1. The van der Waals surface area contributed by atoms with Gasteiger partial charge < -0.3 is 4.98 Å². The summed E-state index contributed by atoms with van der Waals surface area (Å²) in [4.78, 5) is 30.2. The summed E-state index contributed by atoms with van der Waals surface area (Å²) in [5.41, 5.74) is 4.94. The highest BCUT2D eigenvalue weighted by molar-refractivity contribution is 9.10. The third-order valence-electron chi connectivity index (χ3n) is 6.54. The van der Waals surface area contributed by atoms with Crippen molar-refractivity contribution in [1.29, 1.82) is 0 Å². The van der Waals surface area contributed by atoms with Gasteiger partial charge in [0.2, 0.25) is 5.91 Å². The molecule has 1 atom stereocenters. The molecule has 0 saturated carbocycles. The molecular weight excluding hydrogens is 514 g/mol. The van der Waals surface area contributed by atoms with E-state index < -0.39 is 5.41 Å². The van der Waals surface area contributed by atoms with E-state index in [0.717, 1.165) is 37.6 Å². The summed E-state index contributed by atoms with van der Waals surface area (Å²) in [6.07, 6.45) is 0.448. The van der Waals surface area contributed by atoms with Crippen molar-refractivity contribution in [3.05, 3.63) is 104 Å². The number of rotatable bonds is 3. The fourth-order valence-corrected chi connectivity index (χ4v) is 4.99. The van der Waals surface area contributed by atoms with Crippen LogP contribution >= 0.6 is 15.9 Å². The van der Waals surface area contributed by atoms with E-state index in [1.54, 1.807) is 5.01 Å². The standard InChI is InChI=1S/C30H28BrN3O2/c1-18-10-15-23-22(16-18)26(20-8-6-5-7-9-20)27(28(35)32-23)24-17-25(19-11-13-21(31)14-12-19)34(33-24)29(36)30(2,3)4/h5-16,25H,17H2,1-4H3,(H,32,35). The van der Waals surface area contributed by atoms with Crippen LogP contribution in [-0.2, 0) is 4.79 Å². The van der Waals surface area contributed by atoms with Gasteiger partial charge in [0.25, 0.3) is 5.56 Å². The van der Waals surface area contributed by atoms with Crippen LogP contribution in [0.25, 0.3) is 22.0 Å². The lowest BCUT2D eigenvalue weighted by Gasteiger charge is -2.28. The summed E-state index contributed by atoms with van der Waals surface area (Å²) < 4.78 is 0.965. The number of fused-ring (bicyclic) bond motifs is 1. The van der Waals surface area contributed by atoms with Gasteiger partial charge in [-0.25, -0.2) is 5.01 Å². The van der Waals surface area contributed by atoms with Crippen molar-refractivity contribution in [3.8, 4) is 11.1 Å². The van der Waals surface area contributed by atoms with Crippen molar-refractivity contribution in [2.24, 2.45) is 10.5 Å². The van der Waals surface area contributed by atoms with Gasteiger partial charge in [-0.1, -0.05) is 90.8 Å². The minimum Gasteiger partial charge on any atom is -0.321 e. The van der Waals surface area contributed by atoms with E-state index in [1.807, 2.05) is 94.4 Å². The van der Waals surface area contributed by atoms with Gasteiger partial charge in [0.1, 0.15) is 0 Å². The number of hydrogen-bond donors (Lipinski definition) is 1. The van der Waals surface area contributed by atoms with E-state index in [4.69, 9.17) is 5.10 Å². The Hall–Kier alpha value is -3.51. The number of halogens is 1. The van der Waals surface area contributed by atoms with Crippen LogP contribution < -0.4 is 5.56 Å². The van der Waals surface area contributed by atoms with Gasteiger partial charge in [-0.15, -0.1) is 0 Å². The largest absolute Gasteiger partial charge is 0.321 e. The smallest absolute Gasteiger partial charge is 0.258 e. The SMILES string of the molecule is Cc1ccc2[nH]c(=O)c(C3=NN(C(=O)C(C)(C)C)C(c4ccc(Br)cc4)C3)c(-c3ccccc3)c2c1. The molecule has 36 heavy (non-hydrogen) atoms. The Morgan fingerprint density at radius 3 is 2.36 bits per heavy atom. The Labute approximate surface area is 219 Å². The maximum Gasteiger partial charge on any atom is 0.258 e. The van der Waals surface area contributed by atoms with Crippen molar-refractivity contribution < 1.29 is 4.79 Å². The molecule has 1 amide bonds. The molecule has 1 aromatic heterocycles. The van der Waals surface area contributed by atoms with E-state index >= 15 is 0 Å². The summed E-state index contributed by atoms with van der Waals surface area (Å²) in [5.74, 6) is -0.0836. The van der Waals surface area contributed by atoms with Crippen LogP contribution in [0.4, 0.5) is 0 Å². The summed E-state index contributed by atoms with van der Waals surface area (Å²) in [6.45, 7) is 7.72. The number of aromatic amines is 1. The Morgan fingerprint density at radius 2 is 1.69 bits per heavy atom. The Balaban J connectivity index is 1.75. The van der Waals surface area contributed by atoms with Gasteiger partial charge in [0.05, 0.1) is 17.3 Å². The van der Waals surface area contributed by atoms with Crippen LogP contribution in [0.15, 0.2) is 87.2 Å². The minimum atomic E-state index is -0.623. The normalized spacial score (nSPS) is 15.9. The summed E-state index contributed by atoms with van der Waals surface area (Å²) in [7, 11) is 0. The predicted octanol–water partition coefficient (Wildman–Crippen LogP) is 6.99. The highest BCUT2D eigenvalue weighted by atomic mass is 79.9. The van der Waals surface area contributed by atoms with Crippen LogP contribution in [0.1, 0.15) is 49.9 Å². The van der Waals surface area contributed by atoms with Crippen LogP contribution in [0.3, 0.4) is 0 Å². The van der Waals surface area contributed by atoms with Crippen molar-refractivity contribution in [1.82, 2.24) is 9.99 Å². The van der Waals surface area contributed by atoms with Crippen molar-refractivity contribution in [2.75, 3.05) is 0 Å². The first-order valence-electron chi connectivity index (χ1n) is 12.0. The molecule has 0 bridgehead atoms. The second-order valence-corrected chi connectivity index (χ2v) is 11.3. The molecule has 6 heteroatoms. The zero-order chi connectivity index (χ0) is 25.6. The fourth-order valence-electron chi connectivity index (χ4n) is 4.72. The maximum absolute atomic E-state index is 13.6. The van der Waals surface area contributed by atoms with Crippen LogP contribution in [0, 0.1) is 12.3 Å². The van der Waals surface area contributed by atoms with E-state index in [-0.39, 0.29) is 17.5 Å². The van der Waals surface area contributed by atoms with E-state index in [9.17, 15) is 9.59 Å². The Morgan fingerprint density at radius 1 is 1.00 bits per heavy atom. The predicted molar refractivity (Wildman–Crippen MR) is 149 cm³/mol. The van der Waals surface area contributed by atoms with Gasteiger partial charge in [-0.3, -0.25) is 9.59 Å². The van der Waals surface area contributed by atoms with E-state index in [0.29, 0.717) is 17.7 Å². The number of hydrogen-bond acceptors (Lipinski definition) is 3. The molecule has 1 N–H and O–H groups in total. The molecule has 0 radical (unpaired) electrons. The van der Waals surface area contributed by atoms with Gasteiger partial charge in [-0.2, -0.15) is 5.10 Å². The molecule has 0 fully saturated rings. The number of pyridine rings is 1. The summed E-state index contributed by atoms with van der Waals surface area (Å²) in [5, 5.41) is 7.38. The number of benzene rings is 3. The number of aryl methyl sites for hydroxylation is 1. The fraction of sp³-hybridized carbons (Fsp3) is 0.233. The number of aromatic nitrogens is 1. The lowest BCUT2D eigenvalue weighted by Crippen LogP contribution is -2.36. The van der Waals surface area contributed by atoms with Crippen molar-refractivity contribution in [3.63, 3.8) is 0 Å². The molecular formula is C30H28BrN3O2. The molecule has 1 aliphatic rings. The number of nitrogens with one attached hydrogen (secondary N) is 1. The first-order valence-corrected chi connectivity index (χ1v) is 12.8. The van der Waals surface area contributed by atoms with Gasteiger partial charge in [-0.05, 0) is 42.3 Å². The Kier molecular flexibility index (Phi) is 6.17. The molecule has 5 nitrogen and oxygen atoms in total. The third-order valence-corrected chi connectivity index (χ3v) is 7.06. The zero-order valence-electron chi connectivity index (χ0n) is 20.8. The first kappa shape index (κ1) is 24.2. The van der Waals surface area contributed by atoms with Crippen molar-refractivity contribution in [2.45, 2.75) is 40.2 Å². The number of carbonyl (C=O) groups is 1. The number of H-pyrrole nitrogens is 1. The quantitative estimate of drug-likeness (QED) is 0.303. The lowest BCUT2D eigenvalue weighted by atomic mass is 9.90. The monoisotopic (exact) mass is 541 g/mol. The van der Waals surface area contributed by atoms with Gasteiger partial charge in [0, 0.05) is 32.8 Å². The minimum absolute atomic E-state index is 0.0836. The van der Waals surface area contributed by atoms with Gasteiger partial charge in [0.15, 0.2) is 0 Å². The maximum atomic E-state index is 13.6. The van der Waals surface area contributed by atoms with Crippen LogP contribution in [0.5, 0.6) is 0 Å². The van der Waals surface area contributed by atoms with Crippen molar-refractivity contribution >= 4 is 38.5 Å². The topological polar surface area (TPSA) is 65.5 Å². The average molecular weight is 542 g/mol. The molecule has 182 valence electrons. The highest BCUT2D eigenvalue weighted by Gasteiger charge is 2.39. The first-order chi connectivity index (χ1) is 17.1. The second-order valence-electron chi connectivity index (χ2n) is 10.3. The lowest BCUT2D eigenvalue weighted by molar-refractivity contribution is -0.141. The number of nitrogens with zero attached hydrogens (tertiary/aromatic N) is 2. The third kappa shape index (κ3) is 4.42. The zero-order valence-corrected chi connectivity index (χ0v) is 22.4. The summed E-state index contributed by atoms with van der Waals surface area (Å²) >= 11 is 3.50. The molecule has 1 aliphatic heterocycles. The molecule has 4 aromatic rings. The van der Waals surface area contributed by atoms with E-state index in [2.05, 4.69) is 27.0 Å². The Bertz CT molecular complexity index is 1550. The molecule has 5 rings (SSSR count). The van der Waals surface area contributed by atoms with Crippen LogP contribution in [-0.4, -0.2) is 21.6 Å². The number of amides is 1. The molecule has 2 heterocycles. The van der Waals surface area contributed by atoms with Crippen LogP contribution in [0.2, 0.25) is 0 Å². The highest BCUT2D eigenvalue weighted by Crippen LogP contribution is 2.39. The van der Waals surface area contributed by atoms with Gasteiger partial charge >= 0.3 is 0 Å². The second kappa shape index (κ2) is 9.17. The molecule has 0 aliphatic carbocycles. The molecule has 3 aromatic carbocycles. The number of hydrazone groups is 1. The van der Waals surface area contributed by atoms with E-state index in [1.165, 1.54) is 0 Å². The average Bonchev–Trinajstić information content (AvgIpc) is 3.28.